The van der Waals surface area contributed by atoms with Gasteiger partial charge < -0.3 is 5.32 Å². The van der Waals surface area contributed by atoms with Gasteiger partial charge in [-0.1, -0.05) is 47.1 Å². The highest BCUT2D eigenvalue weighted by Gasteiger charge is 2.17. The second-order valence-electron chi connectivity index (χ2n) is 6.18. The molecule has 0 saturated carbocycles. The van der Waals surface area contributed by atoms with Crippen LogP contribution in [0.2, 0.25) is 0 Å². The summed E-state index contributed by atoms with van der Waals surface area (Å²) in [5.41, 5.74) is 2.53. The molecule has 3 rings (SSSR count). The van der Waals surface area contributed by atoms with Gasteiger partial charge in [0, 0.05) is 11.0 Å². The summed E-state index contributed by atoms with van der Waals surface area (Å²) in [4.78, 5) is 25.3. The van der Waals surface area contributed by atoms with Crippen LogP contribution >= 0.6 is 15.9 Å². The second-order valence-corrected chi connectivity index (χ2v) is 7.10. The van der Waals surface area contributed by atoms with Crippen molar-refractivity contribution in [2.75, 3.05) is 0 Å². The highest BCUT2D eigenvalue weighted by molar-refractivity contribution is 9.10. The summed E-state index contributed by atoms with van der Waals surface area (Å²) >= 11 is 3.42. The van der Waals surface area contributed by atoms with Gasteiger partial charge in [-0.3, -0.25) is 13.9 Å². The van der Waals surface area contributed by atoms with Gasteiger partial charge in [0.2, 0.25) is 5.91 Å². The van der Waals surface area contributed by atoms with Gasteiger partial charge in [0.05, 0.1) is 17.1 Å². The Morgan fingerprint density at radius 2 is 1.65 bits per heavy atom. The number of nitrogens with one attached hydrogen (secondary N) is 1. The van der Waals surface area contributed by atoms with Gasteiger partial charge in [0.1, 0.15) is 6.54 Å². The minimum atomic E-state index is -0.166. The second kappa shape index (κ2) is 7.91. The van der Waals surface area contributed by atoms with E-state index in [1.807, 2.05) is 62.4 Å². The van der Waals surface area contributed by atoms with Crippen molar-refractivity contribution in [3.8, 4) is 0 Å². The molecule has 5 nitrogen and oxygen atoms in total. The van der Waals surface area contributed by atoms with Gasteiger partial charge in [-0.05, 0) is 43.2 Å². The fourth-order valence-electron chi connectivity index (χ4n) is 3.23. The summed E-state index contributed by atoms with van der Waals surface area (Å²) in [5.74, 6) is -0.166. The molecular formula is C20H22BrN3O2. The lowest BCUT2D eigenvalue weighted by Gasteiger charge is -2.18. The molecule has 0 radical (unpaired) electrons. The van der Waals surface area contributed by atoms with Crippen molar-refractivity contribution in [2.45, 2.75) is 39.4 Å². The van der Waals surface area contributed by atoms with Crippen molar-refractivity contribution in [1.29, 1.82) is 0 Å². The molecule has 2 aromatic carbocycles. The average molecular weight is 416 g/mol. The van der Waals surface area contributed by atoms with E-state index in [2.05, 4.69) is 21.2 Å². The molecule has 6 heteroatoms. The first-order valence-corrected chi connectivity index (χ1v) is 9.57. The molecule has 136 valence electrons. The van der Waals surface area contributed by atoms with Crippen molar-refractivity contribution >= 4 is 32.9 Å². The lowest BCUT2D eigenvalue weighted by atomic mass is 10.0. The number of fused-ring (bicyclic) bond motifs is 1. The first-order valence-electron chi connectivity index (χ1n) is 8.78. The molecular weight excluding hydrogens is 394 g/mol. The summed E-state index contributed by atoms with van der Waals surface area (Å²) in [6.45, 7) is 4.55. The van der Waals surface area contributed by atoms with E-state index < -0.39 is 0 Å². The first-order chi connectivity index (χ1) is 12.5. The maximum Gasteiger partial charge on any atom is 0.329 e. The van der Waals surface area contributed by atoms with Crippen molar-refractivity contribution in [1.82, 2.24) is 14.5 Å². The third-order valence-corrected chi connectivity index (χ3v) is 5.09. The van der Waals surface area contributed by atoms with Crippen molar-refractivity contribution in [3.05, 3.63) is 69.1 Å². The number of nitrogens with zero attached hydrogens (tertiary/aromatic N) is 2. The molecule has 1 amide bonds. The molecule has 1 unspecified atom stereocenters. The smallest absolute Gasteiger partial charge is 0.329 e. The van der Waals surface area contributed by atoms with Crippen LogP contribution in [-0.4, -0.2) is 15.0 Å². The van der Waals surface area contributed by atoms with Crippen LogP contribution in [-0.2, 0) is 17.9 Å². The SMILES string of the molecule is CCC(NC(=O)Cn1c(=O)n(CC)c2ccccc21)c1ccc(Br)cc1. The van der Waals surface area contributed by atoms with Gasteiger partial charge in [-0.2, -0.15) is 0 Å². The van der Waals surface area contributed by atoms with E-state index in [0.29, 0.717) is 6.54 Å². The number of imidazole rings is 1. The van der Waals surface area contributed by atoms with Gasteiger partial charge in [-0.25, -0.2) is 4.79 Å². The molecule has 0 fully saturated rings. The Hall–Kier alpha value is -2.34. The van der Waals surface area contributed by atoms with E-state index in [1.165, 1.54) is 0 Å². The molecule has 0 aliphatic heterocycles. The lowest BCUT2D eigenvalue weighted by molar-refractivity contribution is -0.122. The number of amides is 1. The number of benzene rings is 2. The van der Waals surface area contributed by atoms with Crippen molar-refractivity contribution in [3.63, 3.8) is 0 Å². The molecule has 1 aromatic heterocycles. The molecule has 0 saturated heterocycles. The summed E-state index contributed by atoms with van der Waals surface area (Å²) in [6.07, 6.45) is 0.777. The molecule has 26 heavy (non-hydrogen) atoms. The van der Waals surface area contributed by atoms with Crippen LogP contribution in [0.15, 0.2) is 57.8 Å². The Bertz CT molecular complexity index is 973. The highest BCUT2D eigenvalue weighted by Crippen LogP contribution is 2.19. The number of carbonyl (C=O) groups is 1. The number of para-hydroxylation sites is 2. The number of aromatic nitrogens is 2. The molecule has 0 aliphatic rings. The maximum atomic E-state index is 12.7. The zero-order chi connectivity index (χ0) is 18.7. The van der Waals surface area contributed by atoms with Gasteiger partial charge in [-0.15, -0.1) is 0 Å². The molecule has 1 N–H and O–H groups in total. The van der Waals surface area contributed by atoms with Crippen LogP contribution in [0.1, 0.15) is 31.9 Å². The van der Waals surface area contributed by atoms with Gasteiger partial charge in [0.15, 0.2) is 0 Å². The minimum absolute atomic E-state index is 0.0133. The van der Waals surface area contributed by atoms with Crippen LogP contribution in [0.5, 0.6) is 0 Å². The molecule has 0 aliphatic carbocycles. The Kier molecular flexibility index (Phi) is 5.61. The maximum absolute atomic E-state index is 12.7. The predicted octanol–water partition coefficient (Wildman–Crippen LogP) is 3.85. The average Bonchev–Trinajstić information content (AvgIpc) is 2.92. The molecule has 0 bridgehead atoms. The number of rotatable bonds is 6. The van der Waals surface area contributed by atoms with Crippen LogP contribution < -0.4 is 11.0 Å². The predicted molar refractivity (Wildman–Crippen MR) is 107 cm³/mol. The number of carbonyl (C=O) groups excluding carboxylic acids is 1. The van der Waals surface area contributed by atoms with Gasteiger partial charge >= 0.3 is 5.69 Å². The molecule has 1 heterocycles. The number of hydrogen-bond acceptors (Lipinski definition) is 2. The van der Waals surface area contributed by atoms with Crippen LogP contribution in [0.3, 0.4) is 0 Å². The fraction of sp³-hybridized carbons (Fsp3) is 0.300. The zero-order valence-corrected chi connectivity index (χ0v) is 16.5. The fourth-order valence-corrected chi connectivity index (χ4v) is 3.49. The Balaban J connectivity index is 1.84. The Labute approximate surface area is 160 Å². The van der Waals surface area contributed by atoms with E-state index in [4.69, 9.17) is 0 Å². The third kappa shape index (κ3) is 3.60. The molecule has 1 atom stereocenters. The van der Waals surface area contributed by atoms with E-state index in [9.17, 15) is 9.59 Å². The minimum Gasteiger partial charge on any atom is -0.348 e. The monoisotopic (exact) mass is 415 g/mol. The highest BCUT2D eigenvalue weighted by atomic mass is 79.9. The zero-order valence-electron chi connectivity index (χ0n) is 14.9. The topological polar surface area (TPSA) is 56.0 Å². The van der Waals surface area contributed by atoms with Crippen LogP contribution in [0.4, 0.5) is 0 Å². The largest absolute Gasteiger partial charge is 0.348 e. The first kappa shape index (κ1) is 18.5. The quantitative estimate of drug-likeness (QED) is 0.664. The van der Waals surface area contributed by atoms with Gasteiger partial charge in [0.25, 0.3) is 0 Å². The van der Waals surface area contributed by atoms with E-state index >= 15 is 0 Å². The number of aryl methyl sites for hydroxylation is 1. The number of hydrogen-bond donors (Lipinski definition) is 1. The normalized spacial score (nSPS) is 12.3. The Morgan fingerprint density at radius 1 is 1.04 bits per heavy atom. The summed E-state index contributed by atoms with van der Waals surface area (Å²) in [7, 11) is 0. The molecule has 0 spiro atoms. The van der Waals surface area contributed by atoms with E-state index in [-0.39, 0.29) is 24.2 Å². The van der Waals surface area contributed by atoms with Crippen LogP contribution in [0, 0.1) is 0 Å². The molecule has 3 aromatic rings. The number of halogens is 1. The summed E-state index contributed by atoms with van der Waals surface area (Å²) in [6, 6.07) is 15.4. The van der Waals surface area contributed by atoms with E-state index in [0.717, 1.165) is 27.5 Å². The summed E-state index contributed by atoms with van der Waals surface area (Å²) in [5, 5.41) is 3.05. The van der Waals surface area contributed by atoms with Crippen molar-refractivity contribution in [2.24, 2.45) is 0 Å². The third-order valence-electron chi connectivity index (χ3n) is 4.56. The lowest BCUT2D eigenvalue weighted by Crippen LogP contribution is -2.35. The summed E-state index contributed by atoms with van der Waals surface area (Å²) < 4.78 is 4.23. The standard InChI is InChI=1S/C20H22BrN3O2/c1-3-16(14-9-11-15(21)12-10-14)22-19(25)13-24-18-8-6-5-7-17(18)23(4-2)20(24)26/h5-12,16H,3-4,13H2,1-2H3,(H,22,25). The van der Waals surface area contributed by atoms with E-state index in [1.54, 1.807) is 9.13 Å². The van der Waals surface area contributed by atoms with Crippen LogP contribution in [0.25, 0.3) is 11.0 Å². The Morgan fingerprint density at radius 3 is 2.23 bits per heavy atom. The van der Waals surface area contributed by atoms with Crippen molar-refractivity contribution < 1.29 is 4.79 Å².